The number of hydrogen-bond acceptors (Lipinski definition) is 6. The third-order valence-electron chi connectivity index (χ3n) is 2.30. The van der Waals surface area contributed by atoms with Gasteiger partial charge in [0.1, 0.15) is 11.3 Å². The number of cyclic esters (lactones) is 1. The van der Waals surface area contributed by atoms with E-state index in [-0.39, 0.29) is 17.9 Å². The van der Waals surface area contributed by atoms with Crippen LogP contribution in [0, 0.1) is 0 Å². The van der Waals surface area contributed by atoms with Gasteiger partial charge in [0, 0.05) is 20.3 Å². The summed E-state index contributed by atoms with van der Waals surface area (Å²) in [5, 5.41) is 0. The number of carbonyl (C=O) groups excluding carboxylic acids is 3. The molecule has 0 saturated carbocycles. The highest BCUT2D eigenvalue weighted by Crippen LogP contribution is 2.20. The Labute approximate surface area is 117 Å². The second kappa shape index (κ2) is 6.70. The number of ether oxygens (including phenoxy) is 2. The van der Waals surface area contributed by atoms with Crippen molar-refractivity contribution in [3.63, 3.8) is 0 Å². The summed E-state index contributed by atoms with van der Waals surface area (Å²) in [5.41, 5.74) is 0.185. The van der Waals surface area contributed by atoms with Gasteiger partial charge in [-0.15, -0.1) is 0 Å². The number of carbonyl (C=O) groups is 3. The second-order valence-corrected chi connectivity index (χ2v) is 4.32. The Kier molecular flexibility index (Phi) is 5.25. The third-order valence-corrected chi connectivity index (χ3v) is 2.30. The Bertz CT molecular complexity index is 526. The fraction of sp³-hybridized carbons (Fsp3) is 0.357. The van der Waals surface area contributed by atoms with Gasteiger partial charge in [0.2, 0.25) is 0 Å². The first-order chi connectivity index (χ1) is 9.35. The summed E-state index contributed by atoms with van der Waals surface area (Å²) < 4.78 is 9.75. The lowest BCUT2D eigenvalue weighted by atomic mass is 10.1. The Hall–Kier alpha value is -2.37. The van der Waals surface area contributed by atoms with Gasteiger partial charge in [0.15, 0.2) is 5.78 Å². The van der Waals surface area contributed by atoms with E-state index >= 15 is 0 Å². The van der Waals surface area contributed by atoms with Crippen molar-refractivity contribution in [3.05, 3.63) is 35.3 Å². The van der Waals surface area contributed by atoms with Gasteiger partial charge >= 0.3 is 11.9 Å². The van der Waals surface area contributed by atoms with E-state index in [1.165, 1.54) is 19.1 Å². The Morgan fingerprint density at radius 2 is 2.05 bits per heavy atom. The molecule has 1 aliphatic rings. The summed E-state index contributed by atoms with van der Waals surface area (Å²) in [6.45, 7) is 3.05. The molecule has 0 amide bonds. The molecule has 0 aromatic carbocycles. The zero-order valence-electron chi connectivity index (χ0n) is 11.9. The van der Waals surface area contributed by atoms with Crippen LogP contribution in [0.25, 0.3) is 0 Å². The zero-order valence-corrected chi connectivity index (χ0v) is 11.9. The van der Waals surface area contributed by atoms with Crippen LogP contribution in [-0.4, -0.2) is 43.3 Å². The van der Waals surface area contributed by atoms with Crippen LogP contribution in [0.15, 0.2) is 35.3 Å². The fourth-order valence-electron chi connectivity index (χ4n) is 1.50. The van der Waals surface area contributed by atoms with E-state index in [1.54, 1.807) is 32.1 Å². The molecule has 0 radical (unpaired) electrons. The average Bonchev–Trinajstić information content (AvgIpc) is 2.66. The van der Waals surface area contributed by atoms with Crippen LogP contribution >= 0.6 is 0 Å². The Balaban J connectivity index is 3.05. The molecule has 1 rings (SSSR count). The molecule has 6 nitrogen and oxygen atoms in total. The van der Waals surface area contributed by atoms with Gasteiger partial charge in [-0.05, 0) is 26.0 Å². The molecule has 0 spiro atoms. The topological polar surface area (TPSA) is 72.9 Å². The van der Waals surface area contributed by atoms with Crippen molar-refractivity contribution < 1.29 is 23.9 Å². The first kappa shape index (κ1) is 15.7. The van der Waals surface area contributed by atoms with Crippen LogP contribution in [0.4, 0.5) is 0 Å². The third kappa shape index (κ3) is 4.08. The molecule has 0 atom stereocenters. The van der Waals surface area contributed by atoms with Gasteiger partial charge in [-0.2, -0.15) is 0 Å². The Morgan fingerprint density at radius 3 is 2.55 bits per heavy atom. The van der Waals surface area contributed by atoms with Crippen molar-refractivity contribution in [2.24, 2.45) is 0 Å². The molecule has 0 bridgehead atoms. The second-order valence-electron chi connectivity index (χ2n) is 4.32. The number of allylic oxidation sites excluding steroid dienone is 1. The summed E-state index contributed by atoms with van der Waals surface area (Å²) in [7, 11) is 3.53. The van der Waals surface area contributed by atoms with Crippen LogP contribution in [0.5, 0.6) is 0 Å². The first-order valence-electron chi connectivity index (χ1n) is 6.07. The molecule has 0 unspecified atom stereocenters. The van der Waals surface area contributed by atoms with Crippen molar-refractivity contribution in [2.75, 3.05) is 20.7 Å². The molecule has 0 aromatic heterocycles. The lowest BCUT2D eigenvalue weighted by molar-refractivity contribution is -0.140. The molecule has 20 heavy (non-hydrogen) atoms. The molecule has 0 aliphatic carbocycles. The zero-order chi connectivity index (χ0) is 15.3. The standard InChI is InChI=1S/C14H17NO5/c1-5-19-14(18)12(9(2)16)7-11-6-10(8-15(3)4)13(17)20-11/h6-8H,5H2,1-4H3/b10-8?,12-7+. The van der Waals surface area contributed by atoms with Crippen molar-refractivity contribution in [2.45, 2.75) is 13.8 Å². The van der Waals surface area contributed by atoms with Gasteiger partial charge < -0.3 is 14.4 Å². The van der Waals surface area contributed by atoms with Crippen molar-refractivity contribution in [3.8, 4) is 0 Å². The van der Waals surface area contributed by atoms with Gasteiger partial charge in [-0.3, -0.25) is 4.79 Å². The minimum Gasteiger partial charge on any atom is -0.462 e. The lowest BCUT2D eigenvalue weighted by Gasteiger charge is -2.04. The quantitative estimate of drug-likeness (QED) is 0.323. The molecular formula is C14H17NO5. The maximum absolute atomic E-state index is 11.6. The largest absolute Gasteiger partial charge is 0.462 e. The number of nitrogens with zero attached hydrogens (tertiary/aromatic N) is 1. The predicted octanol–water partition coefficient (Wildman–Crippen LogP) is 0.951. The average molecular weight is 279 g/mol. The maximum Gasteiger partial charge on any atom is 0.345 e. The van der Waals surface area contributed by atoms with E-state index in [2.05, 4.69) is 0 Å². The van der Waals surface area contributed by atoms with E-state index in [4.69, 9.17) is 9.47 Å². The normalized spacial score (nSPS) is 16.8. The van der Waals surface area contributed by atoms with Crippen molar-refractivity contribution >= 4 is 17.7 Å². The first-order valence-corrected chi connectivity index (χ1v) is 6.07. The minimum absolute atomic E-state index is 0.140. The predicted molar refractivity (Wildman–Crippen MR) is 71.3 cm³/mol. The van der Waals surface area contributed by atoms with E-state index < -0.39 is 17.7 Å². The number of hydrogen-bond donors (Lipinski definition) is 0. The van der Waals surface area contributed by atoms with Gasteiger partial charge in [-0.1, -0.05) is 0 Å². The molecule has 0 fully saturated rings. The molecule has 1 heterocycles. The molecule has 6 heteroatoms. The smallest absolute Gasteiger partial charge is 0.345 e. The van der Waals surface area contributed by atoms with E-state index in [0.29, 0.717) is 5.57 Å². The molecule has 0 N–H and O–H groups in total. The number of esters is 2. The van der Waals surface area contributed by atoms with E-state index in [1.807, 2.05) is 0 Å². The highest BCUT2D eigenvalue weighted by molar-refractivity contribution is 6.16. The highest BCUT2D eigenvalue weighted by Gasteiger charge is 2.23. The highest BCUT2D eigenvalue weighted by atomic mass is 16.5. The SMILES string of the molecule is CCOC(=O)/C(=C/C1=CC(=CN(C)C)C(=O)O1)C(C)=O. The van der Waals surface area contributed by atoms with Crippen LogP contribution in [-0.2, 0) is 23.9 Å². The lowest BCUT2D eigenvalue weighted by Crippen LogP contribution is -2.14. The van der Waals surface area contributed by atoms with E-state index in [0.717, 1.165) is 0 Å². The maximum atomic E-state index is 11.6. The van der Waals surface area contributed by atoms with Crippen molar-refractivity contribution in [1.82, 2.24) is 4.90 Å². The van der Waals surface area contributed by atoms with Crippen LogP contribution in [0.2, 0.25) is 0 Å². The number of Topliss-reactive ketones (excluding diaryl/α,β-unsaturated/α-hetero) is 1. The van der Waals surface area contributed by atoms with Crippen LogP contribution in [0.3, 0.4) is 0 Å². The molecule has 0 aromatic rings. The van der Waals surface area contributed by atoms with Gasteiger partial charge in [0.25, 0.3) is 0 Å². The molecule has 108 valence electrons. The van der Waals surface area contributed by atoms with Crippen LogP contribution < -0.4 is 0 Å². The van der Waals surface area contributed by atoms with Crippen molar-refractivity contribution in [1.29, 1.82) is 0 Å². The van der Waals surface area contributed by atoms with Gasteiger partial charge in [-0.25, -0.2) is 9.59 Å². The fourth-order valence-corrected chi connectivity index (χ4v) is 1.50. The van der Waals surface area contributed by atoms with E-state index in [9.17, 15) is 14.4 Å². The minimum atomic E-state index is -0.734. The Morgan fingerprint density at radius 1 is 1.40 bits per heavy atom. The summed E-state index contributed by atoms with van der Waals surface area (Å²) in [4.78, 5) is 36.3. The monoisotopic (exact) mass is 279 g/mol. The number of rotatable bonds is 5. The van der Waals surface area contributed by atoms with Gasteiger partial charge in [0.05, 0.1) is 12.2 Å². The molecule has 1 aliphatic heterocycles. The molecular weight excluding hydrogens is 262 g/mol. The summed E-state index contributed by atoms with van der Waals surface area (Å²) in [6, 6.07) is 0. The summed E-state index contributed by atoms with van der Waals surface area (Å²) >= 11 is 0. The van der Waals surface area contributed by atoms with Crippen LogP contribution in [0.1, 0.15) is 13.8 Å². The number of ketones is 1. The molecule has 0 saturated heterocycles. The summed E-state index contributed by atoms with van der Waals surface area (Å²) in [5.74, 6) is -1.58. The summed E-state index contributed by atoms with van der Waals surface area (Å²) in [6.07, 6.45) is 4.26.